The van der Waals surface area contributed by atoms with Gasteiger partial charge in [0.05, 0.1) is 12.1 Å². The molecule has 15 heavy (non-hydrogen) atoms. The molecule has 0 aliphatic heterocycles. The molecule has 4 nitrogen and oxygen atoms in total. The summed E-state index contributed by atoms with van der Waals surface area (Å²) < 4.78 is 5.47. The minimum atomic E-state index is -0.226. The van der Waals surface area contributed by atoms with Crippen LogP contribution in [-0.2, 0) is 4.79 Å². The van der Waals surface area contributed by atoms with Gasteiger partial charge in [0.25, 0.3) is 0 Å². The Kier molecular flexibility index (Phi) is 3.91. The van der Waals surface area contributed by atoms with E-state index in [2.05, 4.69) is 10.6 Å². The Morgan fingerprint density at radius 2 is 2.07 bits per heavy atom. The van der Waals surface area contributed by atoms with Gasteiger partial charge < -0.3 is 9.73 Å². The van der Waals surface area contributed by atoms with Gasteiger partial charge in [0.2, 0.25) is 5.91 Å². The van der Waals surface area contributed by atoms with Gasteiger partial charge >= 0.3 is 0 Å². The maximum absolute atomic E-state index is 11.3. The number of carbonyl (C=O) groups is 1. The summed E-state index contributed by atoms with van der Waals surface area (Å²) in [6.45, 7) is 5.70. The molecule has 0 radical (unpaired) electrons. The smallest absolute Gasteiger partial charge is 0.236 e. The lowest BCUT2D eigenvalue weighted by molar-refractivity contribution is -0.122. The number of hydrogen-bond donors (Lipinski definition) is 2. The second-order valence-electron chi connectivity index (χ2n) is 3.67. The normalized spacial score (nSPS) is 14.7. The second kappa shape index (κ2) is 4.98. The van der Waals surface area contributed by atoms with Crippen LogP contribution in [0.4, 0.5) is 0 Å². The van der Waals surface area contributed by atoms with E-state index >= 15 is 0 Å². The first-order valence-electron chi connectivity index (χ1n) is 5.08. The minimum absolute atomic E-state index is 0.0230. The van der Waals surface area contributed by atoms with Crippen LogP contribution >= 0.6 is 0 Å². The molecule has 84 valence electrons. The monoisotopic (exact) mass is 210 g/mol. The molecule has 0 bridgehead atoms. The summed E-state index contributed by atoms with van der Waals surface area (Å²) in [6.07, 6.45) is 0. The predicted octanol–water partition coefficient (Wildman–Crippen LogP) is 1.37. The zero-order valence-electron chi connectivity index (χ0n) is 9.63. The zero-order valence-corrected chi connectivity index (χ0v) is 9.63. The van der Waals surface area contributed by atoms with E-state index in [-0.39, 0.29) is 18.0 Å². The highest BCUT2D eigenvalue weighted by Crippen LogP contribution is 2.15. The molecule has 1 heterocycles. The number of amides is 1. The van der Waals surface area contributed by atoms with Crippen LogP contribution in [0, 0.1) is 6.92 Å². The van der Waals surface area contributed by atoms with Crippen LogP contribution in [0.25, 0.3) is 0 Å². The molecule has 0 spiro atoms. The molecule has 0 saturated carbocycles. The molecule has 4 heteroatoms. The van der Waals surface area contributed by atoms with E-state index in [4.69, 9.17) is 4.42 Å². The average Bonchev–Trinajstić information content (AvgIpc) is 2.63. The Morgan fingerprint density at radius 1 is 1.40 bits per heavy atom. The molecular weight excluding hydrogens is 192 g/mol. The molecular formula is C11H18N2O2. The largest absolute Gasteiger partial charge is 0.465 e. The summed E-state index contributed by atoms with van der Waals surface area (Å²) >= 11 is 0. The third-order valence-electron chi connectivity index (χ3n) is 2.33. The van der Waals surface area contributed by atoms with E-state index in [0.29, 0.717) is 0 Å². The van der Waals surface area contributed by atoms with E-state index < -0.39 is 0 Å². The topological polar surface area (TPSA) is 54.3 Å². The van der Waals surface area contributed by atoms with Crippen LogP contribution in [-0.4, -0.2) is 19.0 Å². The molecule has 0 aliphatic rings. The fraction of sp³-hybridized carbons (Fsp3) is 0.545. The van der Waals surface area contributed by atoms with Crippen molar-refractivity contribution in [2.24, 2.45) is 0 Å². The molecule has 0 aliphatic carbocycles. The van der Waals surface area contributed by atoms with Crippen LogP contribution in [0.3, 0.4) is 0 Å². The first-order chi connectivity index (χ1) is 7.04. The predicted molar refractivity (Wildman–Crippen MR) is 58.5 cm³/mol. The lowest BCUT2D eigenvalue weighted by atomic mass is 10.2. The van der Waals surface area contributed by atoms with Gasteiger partial charge in [0, 0.05) is 7.05 Å². The fourth-order valence-electron chi connectivity index (χ4n) is 1.44. The summed E-state index contributed by atoms with van der Waals surface area (Å²) in [5, 5.41) is 5.75. The molecule has 1 amide bonds. The molecule has 2 N–H and O–H groups in total. The molecule has 1 rings (SSSR count). The van der Waals surface area contributed by atoms with Crippen LogP contribution in [0.15, 0.2) is 16.5 Å². The molecule has 1 aromatic rings. The Morgan fingerprint density at radius 3 is 2.53 bits per heavy atom. The van der Waals surface area contributed by atoms with Gasteiger partial charge in [-0.1, -0.05) is 0 Å². The number of hydrogen-bond acceptors (Lipinski definition) is 3. The number of furan rings is 1. The van der Waals surface area contributed by atoms with Crippen molar-refractivity contribution in [3.8, 4) is 0 Å². The highest BCUT2D eigenvalue weighted by molar-refractivity contribution is 5.80. The van der Waals surface area contributed by atoms with E-state index in [1.807, 2.05) is 32.9 Å². The summed E-state index contributed by atoms with van der Waals surface area (Å²) in [4.78, 5) is 11.3. The zero-order chi connectivity index (χ0) is 11.4. The minimum Gasteiger partial charge on any atom is -0.465 e. The van der Waals surface area contributed by atoms with E-state index in [0.717, 1.165) is 11.5 Å². The van der Waals surface area contributed by atoms with Gasteiger partial charge in [0.15, 0.2) is 0 Å². The van der Waals surface area contributed by atoms with Gasteiger partial charge in [-0.3, -0.25) is 10.1 Å². The fourth-order valence-corrected chi connectivity index (χ4v) is 1.44. The first-order valence-corrected chi connectivity index (χ1v) is 5.08. The number of rotatable bonds is 4. The molecule has 1 aromatic heterocycles. The average molecular weight is 210 g/mol. The van der Waals surface area contributed by atoms with Crippen molar-refractivity contribution in [3.05, 3.63) is 23.7 Å². The summed E-state index contributed by atoms with van der Waals surface area (Å²) in [5.41, 5.74) is 0. The van der Waals surface area contributed by atoms with Gasteiger partial charge in [-0.15, -0.1) is 0 Å². The summed E-state index contributed by atoms with van der Waals surface area (Å²) in [6, 6.07) is 3.64. The SMILES string of the molecule is CNC(=O)[C@@H](C)NC(C)c1ccc(C)o1. The quantitative estimate of drug-likeness (QED) is 0.789. The van der Waals surface area contributed by atoms with Crippen LogP contribution in [0.2, 0.25) is 0 Å². The maximum atomic E-state index is 11.3. The number of likely N-dealkylation sites (N-methyl/N-ethyl adjacent to an activating group) is 1. The van der Waals surface area contributed by atoms with E-state index in [1.165, 1.54) is 0 Å². The number of nitrogens with one attached hydrogen (secondary N) is 2. The second-order valence-corrected chi connectivity index (χ2v) is 3.67. The van der Waals surface area contributed by atoms with Crippen molar-refractivity contribution in [2.75, 3.05) is 7.05 Å². The van der Waals surface area contributed by atoms with Gasteiger partial charge in [0.1, 0.15) is 11.5 Å². The molecule has 2 atom stereocenters. The van der Waals surface area contributed by atoms with Crippen LogP contribution in [0.5, 0.6) is 0 Å². The third kappa shape index (κ3) is 3.09. The van der Waals surface area contributed by atoms with Crippen molar-refractivity contribution in [2.45, 2.75) is 32.9 Å². The van der Waals surface area contributed by atoms with Crippen molar-refractivity contribution in [3.63, 3.8) is 0 Å². The van der Waals surface area contributed by atoms with Gasteiger partial charge in [-0.25, -0.2) is 0 Å². The first kappa shape index (κ1) is 11.8. The Balaban J connectivity index is 2.55. The lowest BCUT2D eigenvalue weighted by Crippen LogP contribution is -2.41. The maximum Gasteiger partial charge on any atom is 0.236 e. The highest BCUT2D eigenvalue weighted by atomic mass is 16.3. The van der Waals surface area contributed by atoms with Crippen molar-refractivity contribution in [1.29, 1.82) is 0 Å². The number of aryl methyl sites for hydroxylation is 1. The van der Waals surface area contributed by atoms with Gasteiger partial charge in [-0.2, -0.15) is 0 Å². The molecule has 1 unspecified atom stereocenters. The van der Waals surface area contributed by atoms with Crippen molar-refractivity contribution < 1.29 is 9.21 Å². The summed E-state index contributed by atoms with van der Waals surface area (Å²) in [7, 11) is 1.63. The molecule has 0 fully saturated rings. The van der Waals surface area contributed by atoms with E-state index in [9.17, 15) is 4.79 Å². The molecule has 0 aromatic carbocycles. The highest BCUT2D eigenvalue weighted by Gasteiger charge is 2.16. The Hall–Kier alpha value is -1.29. The van der Waals surface area contributed by atoms with E-state index in [1.54, 1.807) is 7.05 Å². The lowest BCUT2D eigenvalue weighted by Gasteiger charge is -2.16. The van der Waals surface area contributed by atoms with Crippen molar-refractivity contribution >= 4 is 5.91 Å². The van der Waals surface area contributed by atoms with Gasteiger partial charge in [-0.05, 0) is 32.9 Å². The Bertz CT molecular complexity index is 333. The standard InChI is InChI=1S/C11H18N2O2/c1-7-5-6-10(15-7)8(2)13-9(3)11(14)12-4/h5-6,8-9,13H,1-4H3,(H,12,14)/t8?,9-/m1/s1. The van der Waals surface area contributed by atoms with Crippen molar-refractivity contribution in [1.82, 2.24) is 10.6 Å². The third-order valence-corrected chi connectivity index (χ3v) is 2.33. The summed E-state index contributed by atoms with van der Waals surface area (Å²) in [5.74, 6) is 1.71. The Labute approximate surface area is 90.0 Å². The molecule has 0 saturated heterocycles. The van der Waals surface area contributed by atoms with Crippen LogP contribution in [0.1, 0.15) is 31.4 Å². The van der Waals surface area contributed by atoms with Crippen LogP contribution < -0.4 is 10.6 Å². The number of carbonyl (C=O) groups excluding carboxylic acids is 1.